The maximum Gasteiger partial charge on any atom is 0.234 e. The van der Waals surface area contributed by atoms with E-state index in [-0.39, 0.29) is 28.8 Å². The summed E-state index contributed by atoms with van der Waals surface area (Å²) in [4.78, 5) is 28.3. The van der Waals surface area contributed by atoms with Gasteiger partial charge in [0, 0.05) is 54.5 Å². The Morgan fingerprint density at radius 1 is 1.09 bits per heavy atom. The highest BCUT2D eigenvalue weighted by Crippen LogP contribution is 2.35. The van der Waals surface area contributed by atoms with Gasteiger partial charge >= 0.3 is 0 Å². The summed E-state index contributed by atoms with van der Waals surface area (Å²) >= 11 is 3.49. The Morgan fingerprint density at radius 2 is 1.87 bits per heavy atom. The molecule has 5 aromatic rings. The van der Waals surface area contributed by atoms with Gasteiger partial charge in [-0.05, 0) is 85.5 Å². The summed E-state index contributed by atoms with van der Waals surface area (Å²) in [5, 5.41) is 5.34. The topological polar surface area (TPSA) is 117 Å². The number of carbonyl (C=O) groups excluding carboxylic acids is 2. The van der Waals surface area contributed by atoms with Gasteiger partial charge in [0.1, 0.15) is 17.3 Å². The van der Waals surface area contributed by atoms with E-state index in [2.05, 4.69) is 31.0 Å². The molecule has 0 saturated carbocycles. The first-order valence-electron chi connectivity index (χ1n) is 14.3. The van der Waals surface area contributed by atoms with E-state index in [4.69, 9.17) is 15.2 Å². The third-order valence-electron chi connectivity index (χ3n) is 7.66. The van der Waals surface area contributed by atoms with Crippen LogP contribution in [0, 0.1) is 19.7 Å². The number of nitrogens with one attached hydrogen (secondary N) is 1. The Hall–Kier alpha value is -3.73. The second kappa shape index (κ2) is 13.9. The smallest absolute Gasteiger partial charge is 0.234 e. The molecule has 1 aliphatic rings. The van der Waals surface area contributed by atoms with Crippen LogP contribution in [-0.2, 0) is 9.53 Å². The highest BCUT2D eigenvalue weighted by molar-refractivity contribution is 14.2. The lowest BCUT2D eigenvalue weighted by molar-refractivity contribution is -0.132. The van der Waals surface area contributed by atoms with Crippen molar-refractivity contribution in [2.75, 3.05) is 42.5 Å². The third kappa shape index (κ3) is 6.56. The fourth-order valence-corrected chi connectivity index (χ4v) is 7.68. The zero-order valence-corrected chi connectivity index (χ0v) is 28.7. The van der Waals surface area contributed by atoms with E-state index >= 15 is 0 Å². The molecule has 3 N–H and O–H groups in total. The largest absolute Gasteiger partial charge is 0.454 e. The van der Waals surface area contributed by atoms with Crippen molar-refractivity contribution in [2.45, 2.75) is 13.8 Å². The van der Waals surface area contributed by atoms with E-state index in [1.165, 1.54) is 38.0 Å². The van der Waals surface area contributed by atoms with Gasteiger partial charge in [0.25, 0.3) is 0 Å². The van der Waals surface area contributed by atoms with Crippen LogP contribution in [0.25, 0.3) is 16.6 Å². The van der Waals surface area contributed by atoms with E-state index in [0.717, 1.165) is 27.7 Å². The molecule has 0 unspecified atom stereocenters. The number of nitrogens with two attached hydrogens (primary N) is 1. The molecule has 1 aliphatic heterocycles. The van der Waals surface area contributed by atoms with Crippen LogP contribution in [0.1, 0.15) is 27.2 Å². The first-order chi connectivity index (χ1) is 22.2. The van der Waals surface area contributed by atoms with Crippen molar-refractivity contribution in [3.8, 4) is 17.2 Å². The van der Waals surface area contributed by atoms with Gasteiger partial charge in [-0.25, -0.2) is 9.07 Å². The number of para-hydroxylation sites is 1. The van der Waals surface area contributed by atoms with Crippen LogP contribution in [0.3, 0.4) is 0 Å². The maximum atomic E-state index is 14.1. The second-order valence-electron chi connectivity index (χ2n) is 10.7. The first kappa shape index (κ1) is 32.2. The molecule has 14 heteroatoms. The normalized spacial score (nSPS) is 13.3. The van der Waals surface area contributed by atoms with Gasteiger partial charge in [0.15, 0.2) is 11.6 Å². The van der Waals surface area contributed by atoms with E-state index in [9.17, 15) is 14.0 Å². The van der Waals surface area contributed by atoms with Gasteiger partial charge in [-0.3, -0.25) is 13.6 Å². The van der Waals surface area contributed by atoms with E-state index in [0.29, 0.717) is 49.2 Å². The number of carbonyl (C=O) groups is 2. The molecule has 3 heterocycles. The van der Waals surface area contributed by atoms with Crippen LogP contribution in [0.2, 0.25) is 0 Å². The number of hydrogen-bond acceptors (Lipinski definition) is 9. The van der Waals surface area contributed by atoms with E-state index in [1.807, 2.05) is 40.9 Å². The molecule has 0 bridgehead atoms. The van der Waals surface area contributed by atoms with E-state index < -0.39 is 5.82 Å². The molecule has 0 radical (unpaired) electrons. The first-order valence-corrected chi connectivity index (χ1v) is 18.7. The van der Waals surface area contributed by atoms with Gasteiger partial charge in [-0.2, -0.15) is 5.10 Å². The number of fused-ring (bicyclic) bond motifs is 1. The summed E-state index contributed by atoms with van der Waals surface area (Å²) in [6, 6.07) is 17.3. The molecule has 1 saturated heterocycles. The lowest BCUT2D eigenvalue weighted by Crippen LogP contribution is -2.41. The lowest BCUT2D eigenvalue weighted by Gasteiger charge is -2.26. The standard InChI is InChI=1S/C32H30FIN6O4S2/c1-19-13-21-15-28(40(46-34)27(21)16-25(19)37-45-18-30(41)38-9-11-43-12-10-38)31(42)23-17-36-39(32(23)35)26-8-7-22(14-20(26)2)44-29-6-4-3-5-24(29)33/h3-8,13-17,37H,9-12,18,35H2,1-2H3. The Kier molecular flexibility index (Phi) is 9.77. The number of rotatable bonds is 10. The summed E-state index contributed by atoms with van der Waals surface area (Å²) in [5.74, 6) is 0.434. The molecule has 0 spiro atoms. The van der Waals surface area contributed by atoms with Gasteiger partial charge in [0.05, 0.1) is 41.9 Å². The Morgan fingerprint density at radius 3 is 2.61 bits per heavy atom. The number of nitrogens with zero attached hydrogens (tertiary/aromatic N) is 4. The zero-order valence-electron chi connectivity index (χ0n) is 25.0. The van der Waals surface area contributed by atoms with Crippen LogP contribution < -0.4 is 15.2 Å². The molecule has 46 heavy (non-hydrogen) atoms. The van der Waals surface area contributed by atoms with Crippen molar-refractivity contribution >= 4 is 76.4 Å². The summed E-state index contributed by atoms with van der Waals surface area (Å²) in [6.07, 6.45) is 1.47. The summed E-state index contributed by atoms with van der Waals surface area (Å²) in [5.41, 5.74) is 11.4. The highest BCUT2D eigenvalue weighted by atomic mass is 127. The number of nitrogen functional groups attached to an aromatic ring is 1. The zero-order chi connectivity index (χ0) is 32.4. The summed E-state index contributed by atoms with van der Waals surface area (Å²) in [7, 11) is 1.38. The van der Waals surface area contributed by atoms with Crippen molar-refractivity contribution in [1.29, 1.82) is 0 Å². The van der Waals surface area contributed by atoms with Crippen molar-refractivity contribution in [1.82, 2.24) is 18.7 Å². The summed E-state index contributed by atoms with van der Waals surface area (Å²) in [6.45, 7) is 6.21. The van der Waals surface area contributed by atoms with Crippen molar-refractivity contribution in [2.24, 2.45) is 0 Å². The molecular weight excluding hydrogens is 742 g/mol. The minimum absolute atomic E-state index is 0.0683. The number of halogens is 2. The Labute approximate surface area is 285 Å². The fraction of sp³-hybridized carbons (Fsp3) is 0.219. The van der Waals surface area contributed by atoms with Crippen molar-refractivity contribution < 1.29 is 23.5 Å². The molecule has 0 aliphatic carbocycles. The van der Waals surface area contributed by atoms with Crippen molar-refractivity contribution in [3.63, 3.8) is 0 Å². The molecule has 2 aromatic heterocycles. The second-order valence-corrected chi connectivity index (χ2v) is 13.1. The molecule has 10 nitrogen and oxygen atoms in total. The Bertz CT molecular complexity index is 1940. The van der Waals surface area contributed by atoms with Crippen LogP contribution in [0.4, 0.5) is 15.9 Å². The molecule has 1 amide bonds. The SMILES string of the molecule is Cc1cc2cc(C(=O)c3cnn(-c4ccc(Oc5ccccc5F)cc4C)c3N)n(SI)c2cc1NSCC(=O)N1CCOCC1. The molecule has 6 rings (SSSR count). The maximum absolute atomic E-state index is 14.1. The average molecular weight is 773 g/mol. The monoisotopic (exact) mass is 772 g/mol. The number of ether oxygens (including phenoxy) is 2. The quantitative estimate of drug-likeness (QED) is 0.0884. The minimum Gasteiger partial charge on any atom is -0.454 e. The minimum atomic E-state index is -0.455. The Balaban J connectivity index is 1.22. The lowest BCUT2D eigenvalue weighted by atomic mass is 10.1. The highest BCUT2D eigenvalue weighted by Gasteiger charge is 2.24. The van der Waals surface area contributed by atoms with Gasteiger partial charge < -0.3 is 24.8 Å². The van der Waals surface area contributed by atoms with Gasteiger partial charge in [-0.15, -0.1) is 0 Å². The van der Waals surface area contributed by atoms with Crippen molar-refractivity contribution in [3.05, 3.63) is 95.1 Å². The number of anilines is 2. The van der Waals surface area contributed by atoms with Gasteiger partial charge in [-0.1, -0.05) is 12.1 Å². The van der Waals surface area contributed by atoms with Crippen LogP contribution >= 0.6 is 42.3 Å². The van der Waals surface area contributed by atoms with Gasteiger partial charge in [0.2, 0.25) is 11.7 Å². The van der Waals surface area contributed by atoms with E-state index in [1.54, 1.807) is 36.4 Å². The predicted molar refractivity (Wildman–Crippen MR) is 190 cm³/mol. The predicted octanol–water partition coefficient (Wildman–Crippen LogP) is 6.95. The molecule has 1 fully saturated rings. The van der Waals surface area contributed by atoms with Crippen LogP contribution in [0.15, 0.2) is 66.9 Å². The number of ketones is 1. The number of benzene rings is 3. The fourth-order valence-electron chi connectivity index (χ4n) is 5.21. The van der Waals surface area contributed by atoms with Crippen LogP contribution in [-0.4, -0.2) is 62.4 Å². The number of morpholine rings is 1. The molecular formula is C32H30FIN6O4S2. The number of hydrogen-bond donors (Lipinski definition) is 2. The average Bonchev–Trinajstić information content (AvgIpc) is 3.61. The molecule has 3 aromatic carbocycles. The third-order valence-corrected chi connectivity index (χ3v) is 10.1. The molecule has 0 atom stereocenters. The number of amides is 1. The summed E-state index contributed by atoms with van der Waals surface area (Å²) < 4.78 is 31.8. The number of aromatic nitrogens is 3. The van der Waals surface area contributed by atoms with Crippen LogP contribution in [0.5, 0.6) is 11.5 Å². The number of aryl methyl sites for hydroxylation is 2. The molecule has 238 valence electrons.